The molecule has 0 atom stereocenters. The van der Waals surface area contributed by atoms with Crippen LogP contribution in [0.25, 0.3) is 0 Å². The number of pyridine rings is 1. The van der Waals surface area contributed by atoms with Gasteiger partial charge in [0.15, 0.2) is 5.96 Å². The summed E-state index contributed by atoms with van der Waals surface area (Å²) in [6.07, 6.45) is 4.58. The lowest BCUT2D eigenvalue weighted by Crippen LogP contribution is -2.38. The van der Waals surface area contributed by atoms with Gasteiger partial charge < -0.3 is 10.2 Å². The van der Waals surface area contributed by atoms with E-state index in [9.17, 15) is 4.39 Å². The molecule has 0 bridgehead atoms. The van der Waals surface area contributed by atoms with E-state index in [1.54, 1.807) is 12.1 Å². The second kappa shape index (κ2) is 9.01. The van der Waals surface area contributed by atoms with Crippen LogP contribution in [-0.2, 0) is 13.0 Å². The third kappa shape index (κ3) is 5.33. The minimum atomic E-state index is -0.213. The first-order valence-corrected chi connectivity index (χ1v) is 8.23. The molecule has 2 aromatic rings. The highest BCUT2D eigenvalue weighted by atomic mass is 19.1. The normalized spacial score (nSPS) is 11.4. The number of aryl methyl sites for hydroxylation is 1. The van der Waals surface area contributed by atoms with E-state index in [0.717, 1.165) is 24.5 Å². The van der Waals surface area contributed by atoms with Gasteiger partial charge in [0.25, 0.3) is 0 Å². The van der Waals surface area contributed by atoms with Gasteiger partial charge in [0.1, 0.15) is 5.82 Å². The molecule has 4 nitrogen and oxygen atoms in total. The Morgan fingerprint density at radius 1 is 1.25 bits per heavy atom. The van der Waals surface area contributed by atoms with Gasteiger partial charge in [0.05, 0.1) is 0 Å². The van der Waals surface area contributed by atoms with Crippen molar-refractivity contribution in [2.45, 2.75) is 26.8 Å². The highest BCUT2D eigenvalue weighted by Crippen LogP contribution is 2.07. The molecule has 1 heterocycles. The summed E-state index contributed by atoms with van der Waals surface area (Å²) >= 11 is 0. The zero-order chi connectivity index (χ0) is 17.4. The predicted octanol–water partition coefficient (Wildman–Crippen LogP) is 3.17. The SMILES string of the molecule is CCNC(=NCCc1ccncc1C)N(C)Cc1ccc(F)cc1. The fourth-order valence-electron chi connectivity index (χ4n) is 2.47. The van der Waals surface area contributed by atoms with Crippen molar-refractivity contribution in [3.05, 3.63) is 65.2 Å². The second-order valence-electron chi connectivity index (χ2n) is 5.77. The fraction of sp³-hybridized carbons (Fsp3) is 0.368. The van der Waals surface area contributed by atoms with Crippen LogP contribution in [-0.4, -0.2) is 36.0 Å². The molecule has 0 aliphatic carbocycles. The standard InChI is InChI=1S/C19H25FN4/c1-4-22-19(23-12-10-17-9-11-21-13-15(17)2)24(3)14-16-5-7-18(20)8-6-16/h5-9,11,13H,4,10,12,14H2,1-3H3,(H,22,23). The van der Waals surface area contributed by atoms with E-state index in [1.165, 1.54) is 23.3 Å². The smallest absolute Gasteiger partial charge is 0.193 e. The number of rotatable bonds is 6. The molecule has 0 saturated carbocycles. The lowest BCUT2D eigenvalue weighted by atomic mass is 10.1. The monoisotopic (exact) mass is 328 g/mol. The summed E-state index contributed by atoms with van der Waals surface area (Å²) in [4.78, 5) is 10.9. The average Bonchev–Trinajstić information content (AvgIpc) is 2.58. The molecule has 0 amide bonds. The summed E-state index contributed by atoms with van der Waals surface area (Å²) in [5, 5.41) is 3.30. The van der Waals surface area contributed by atoms with Crippen molar-refractivity contribution in [2.24, 2.45) is 4.99 Å². The third-order valence-corrected chi connectivity index (χ3v) is 3.81. The van der Waals surface area contributed by atoms with E-state index in [1.807, 2.05) is 32.4 Å². The number of hydrogen-bond acceptors (Lipinski definition) is 2. The molecule has 0 saturated heterocycles. The molecule has 128 valence electrons. The molecule has 0 aliphatic heterocycles. The summed E-state index contributed by atoms with van der Waals surface area (Å²) < 4.78 is 13.0. The lowest BCUT2D eigenvalue weighted by molar-refractivity contribution is 0.476. The Bertz CT molecular complexity index is 667. The molecule has 1 N–H and O–H groups in total. The van der Waals surface area contributed by atoms with E-state index >= 15 is 0 Å². The Hall–Kier alpha value is -2.43. The number of aromatic nitrogens is 1. The van der Waals surface area contributed by atoms with E-state index in [-0.39, 0.29) is 5.82 Å². The number of guanidine groups is 1. The summed E-state index contributed by atoms with van der Waals surface area (Å²) in [5.74, 6) is 0.642. The van der Waals surface area contributed by atoms with Crippen LogP contribution in [0.2, 0.25) is 0 Å². The summed E-state index contributed by atoms with van der Waals surface area (Å²) in [5.41, 5.74) is 3.51. The van der Waals surface area contributed by atoms with E-state index in [0.29, 0.717) is 13.1 Å². The van der Waals surface area contributed by atoms with Gasteiger partial charge in [-0.3, -0.25) is 9.98 Å². The van der Waals surface area contributed by atoms with Crippen LogP contribution in [0.3, 0.4) is 0 Å². The number of benzene rings is 1. The van der Waals surface area contributed by atoms with Gasteiger partial charge in [0.2, 0.25) is 0 Å². The van der Waals surface area contributed by atoms with Gasteiger partial charge in [0, 0.05) is 39.1 Å². The zero-order valence-electron chi connectivity index (χ0n) is 14.6. The minimum Gasteiger partial charge on any atom is -0.357 e. The topological polar surface area (TPSA) is 40.5 Å². The number of nitrogens with one attached hydrogen (secondary N) is 1. The molecule has 2 rings (SSSR count). The molecule has 1 aromatic carbocycles. The molecule has 5 heteroatoms. The highest BCUT2D eigenvalue weighted by Gasteiger charge is 2.07. The molecule has 24 heavy (non-hydrogen) atoms. The first-order chi connectivity index (χ1) is 11.6. The van der Waals surface area contributed by atoms with Gasteiger partial charge in [-0.05, 0) is 55.2 Å². The molecular weight excluding hydrogens is 303 g/mol. The predicted molar refractivity (Wildman–Crippen MR) is 96.5 cm³/mol. The maximum absolute atomic E-state index is 13.0. The van der Waals surface area contributed by atoms with E-state index in [2.05, 4.69) is 22.1 Å². The van der Waals surface area contributed by atoms with Crippen LogP contribution in [0.4, 0.5) is 4.39 Å². The van der Waals surface area contributed by atoms with Crippen LogP contribution >= 0.6 is 0 Å². The second-order valence-corrected chi connectivity index (χ2v) is 5.77. The van der Waals surface area contributed by atoms with Crippen molar-refractivity contribution in [3.63, 3.8) is 0 Å². The van der Waals surface area contributed by atoms with Gasteiger partial charge in [-0.15, -0.1) is 0 Å². The largest absolute Gasteiger partial charge is 0.357 e. The van der Waals surface area contributed by atoms with Gasteiger partial charge >= 0.3 is 0 Å². The van der Waals surface area contributed by atoms with Crippen LogP contribution in [0.1, 0.15) is 23.6 Å². The number of nitrogens with zero attached hydrogens (tertiary/aromatic N) is 3. The Labute approximate surface area is 143 Å². The van der Waals surface area contributed by atoms with Crippen LogP contribution in [0.5, 0.6) is 0 Å². The maximum atomic E-state index is 13.0. The quantitative estimate of drug-likeness (QED) is 0.654. The minimum absolute atomic E-state index is 0.213. The van der Waals surface area contributed by atoms with Gasteiger partial charge in [-0.1, -0.05) is 12.1 Å². The van der Waals surface area contributed by atoms with Crippen molar-refractivity contribution in [1.29, 1.82) is 0 Å². The summed E-state index contributed by atoms with van der Waals surface area (Å²) in [6.45, 7) is 6.31. The van der Waals surface area contributed by atoms with Crippen LogP contribution in [0.15, 0.2) is 47.7 Å². The number of halogens is 1. The van der Waals surface area contributed by atoms with E-state index < -0.39 is 0 Å². The van der Waals surface area contributed by atoms with Crippen molar-refractivity contribution in [1.82, 2.24) is 15.2 Å². The Balaban J connectivity index is 1.98. The molecule has 0 spiro atoms. The molecule has 1 aromatic heterocycles. The summed E-state index contributed by atoms with van der Waals surface area (Å²) in [6, 6.07) is 8.62. The highest BCUT2D eigenvalue weighted by molar-refractivity contribution is 5.79. The van der Waals surface area contributed by atoms with Crippen molar-refractivity contribution < 1.29 is 4.39 Å². The van der Waals surface area contributed by atoms with Crippen molar-refractivity contribution in [2.75, 3.05) is 20.1 Å². The van der Waals surface area contributed by atoms with E-state index in [4.69, 9.17) is 4.99 Å². The first-order valence-electron chi connectivity index (χ1n) is 8.23. The van der Waals surface area contributed by atoms with Gasteiger partial charge in [-0.25, -0.2) is 4.39 Å². The average molecular weight is 328 g/mol. The summed E-state index contributed by atoms with van der Waals surface area (Å²) in [7, 11) is 1.99. The number of hydrogen-bond donors (Lipinski definition) is 1. The van der Waals surface area contributed by atoms with Crippen molar-refractivity contribution >= 4 is 5.96 Å². The Morgan fingerprint density at radius 2 is 2.00 bits per heavy atom. The lowest BCUT2D eigenvalue weighted by Gasteiger charge is -2.22. The van der Waals surface area contributed by atoms with Crippen molar-refractivity contribution in [3.8, 4) is 0 Å². The molecular formula is C19H25FN4. The molecule has 0 unspecified atom stereocenters. The Morgan fingerprint density at radius 3 is 2.67 bits per heavy atom. The molecule has 0 radical (unpaired) electrons. The maximum Gasteiger partial charge on any atom is 0.193 e. The first kappa shape index (κ1) is 17.9. The fourth-order valence-corrected chi connectivity index (χ4v) is 2.47. The third-order valence-electron chi connectivity index (χ3n) is 3.81. The zero-order valence-corrected chi connectivity index (χ0v) is 14.6. The van der Waals surface area contributed by atoms with Gasteiger partial charge in [-0.2, -0.15) is 0 Å². The Kier molecular flexibility index (Phi) is 6.73. The van der Waals surface area contributed by atoms with Crippen LogP contribution in [0, 0.1) is 12.7 Å². The van der Waals surface area contributed by atoms with Crippen LogP contribution < -0.4 is 5.32 Å². The molecule has 0 aliphatic rings. The molecule has 0 fully saturated rings. The number of aliphatic imine (C=N–C) groups is 1.